The Balaban J connectivity index is 1.04. The van der Waals surface area contributed by atoms with Gasteiger partial charge in [-0.2, -0.15) is 0 Å². The van der Waals surface area contributed by atoms with Crippen molar-refractivity contribution in [2.45, 2.75) is 19.6 Å². The molecule has 2 heterocycles. The molecule has 0 saturated carbocycles. The fourth-order valence-electron chi connectivity index (χ4n) is 6.04. The van der Waals surface area contributed by atoms with Crippen LogP contribution in [-0.4, -0.2) is 104 Å². The molecule has 0 saturated heterocycles. The van der Waals surface area contributed by atoms with Crippen LogP contribution in [0.3, 0.4) is 0 Å². The summed E-state index contributed by atoms with van der Waals surface area (Å²) in [5.41, 5.74) is 8.15. The molecular formula is C40H44N6O6. The van der Waals surface area contributed by atoms with Crippen molar-refractivity contribution in [1.29, 1.82) is 0 Å². The van der Waals surface area contributed by atoms with Gasteiger partial charge in [0.15, 0.2) is 0 Å². The molecule has 1 aliphatic carbocycles. The summed E-state index contributed by atoms with van der Waals surface area (Å²) < 4.78 is 19.5. The summed E-state index contributed by atoms with van der Waals surface area (Å²) in [5.74, 6) is -0.859. The summed E-state index contributed by atoms with van der Waals surface area (Å²) in [4.78, 5) is 29.8. The number of benzene rings is 3. The smallest absolute Gasteiger partial charge is 0.336 e. The highest BCUT2D eigenvalue weighted by Crippen LogP contribution is 2.44. The summed E-state index contributed by atoms with van der Waals surface area (Å²) in [6, 6.07) is 18.8. The van der Waals surface area contributed by atoms with Gasteiger partial charge < -0.3 is 34.4 Å². The molecule has 1 unspecified atom stereocenters. The van der Waals surface area contributed by atoms with Crippen LogP contribution in [0, 0.1) is 6.92 Å². The van der Waals surface area contributed by atoms with E-state index in [1.807, 2.05) is 112 Å². The summed E-state index contributed by atoms with van der Waals surface area (Å²) in [7, 11) is 7.84. The first-order valence-corrected chi connectivity index (χ1v) is 17.2. The Morgan fingerprint density at radius 3 is 2.38 bits per heavy atom. The number of fused-ring (bicyclic) bond motifs is 2. The number of allylic oxidation sites excluding steroid dienone is 1. The number of aromatic nitrogens is 3. The largest absolute Gasteiger partial charge is 0.481 e. The molecule has 2 aliphatic rings. The molecule has 1 aromatic heterocycles. The second-order valence-corrected chi connectivity index (χ2v) is 13.0. The number of carboxylic acids is 1. The normalized spacial score (nSPS) is 14.6. The van der Waals surface area contributed by atoms with Gasteiger partial charge in [0.2, 0.25) is 0 Å². The van der Waals surface area contributed by atoms with E-state index >= 15 is 0 Å². The van der Waals surface area contributed by atoms with E-state index in [2.05, 4.69) is 15.6 Å². The molecule has 3 aromatic carbocycles. The maximum Gasteiger partial charge on any atom is 0.336 e. The Labute approximate surface area is 303 Å². The van der Waals surface area contributed by atoms with Crippen LogP contribution in [0.4, 0.5) is 5.69 Å². The van der Waals surface area contributed by atoms with Gasteiger partial charge in [-0.05, 0) is 48.9 Å². The number of carbonyl (C=O) groups excluding carboxylic acids is 1. The van der Waals surface area contributed by atoms with Crippen LogP contribution in [-0.2, 0) is 16.0 Å². The number of nitrogens with zero attached hydrogens (tertiary/aromatic N) is 5. The number of amides is 1. The minimum absolute atomic E-state index is 0.0277. The van der Waals surface area contributed by atoms with Crippen LogP contribution >= 0.6 is 0 Å². The van der Waals surface area contributed by atoms with E-state index in [0.717, 1.165) is 39.4 Å². The molecule has 52 heavy (non-hydrogen) atoms. The van der Waals surface area contributed by atoms with E-state index in [1.165, 1.54) is 11.6 Å². The van der Waals surface area contributed by atoms with Gasteiger partial charge in [-0.3, -0.25) is 4.79 Å². The van der Waals surface area contributed by atoms with Gasteiger partial charge in [-0.1, -0.05) is 47.2 Å². The highest BCUT2D eigenvalue weighted by Gasteiger charge is 2.32. The fraction of sp³-hybridized carbons (Fsp3) is 0.300. The maximum absolute atomic E-state index is 13.1. The van der Waals surface area contributed by atoms with Crippen molar-refractivity contribution in [3.8, 4) is 17.0 Å². The molecule has 2 N–H and O–H groups in total. The highest BCUT2D eigenvalue weighted by molar-refractivity contribution is 6.03. The minimum atomic E-state index is -1.13. The van der Waals surface area contributed by atoms with Crippen molar-refractivity contribution in [2.24, 2.45) is 0 Å². The lowest BCUT2D eigenvalue weighted by molar-refractivity contribution is 0.0444. The second-order valence-electron chi connectivity index (χ2n) is 13.0. The summed E-state index contributed by atoms with van der Waals surface area (Å²) in [6.45, 7) is 4.35. The number of rotatable bonds is 15. The molecule has 1 atom stereocenters. The molecule has 0 radical (unpaired) electrons. The maximum atomic E-state index is 13.1. The first-order valence-electron chi connectivity index (χ1n) is 17.2. The zero-order valence-electron chi connectivity index (χ0n) is 30.1. The summed E-state index contributed by atoms with van der Waals surface area (Å²) in [6.07, 6.45) is 7.48. The van der Waals surface area contributed by atoms with Crippen LogP contribution < -0.4 is 15.0 Å². The minimum Gasteiger partial charge on any atom is -0.481 e. The van der Waals surface area contributed by atoms with E-state index in [4.69, 9.17) is 14.2 Å². The van der Waals surface area contributed by atoms with Gasteiger partial charge in [-0.15, -0.1) is 5.10 Å². The monoisotopic (exact) mass is 704 g/mol. The molecular weight excluding hydrogens is 660 g/mol. The number of anilines is 1. The molecule has 270 valence electrons. The van der Waals surface area contributed by atoms with Crippen molar-refractivity contribution in [2.75, 3.05) is 66.1 Å². The molecule has 0 spiro atoms. The number of hydrogen-bond acceptors (Lipinski definition) is 9. The third-order valence-corrected chi connectivity index (χ3v) is 8.91. The van der Waals surface area contributed by atoms with Crippen molar-refractivity contribution < 1.29 is 28.9 Å². The molecule has 6 rings (SSSR count). The van der Waals surface area contributed by atoms with E-state index in [9.17, 15) is 14.7 Å². The fourth-order valence-corrected chi connectivity index (χ4v) is 6.04. The number of aromatic carboxylic acids is 1. The predicted octanol–water partition coefficient (Wildman–Crippen LogP) is 5.06. The number of carboxylic acid groups (broad SMARTS) is 1. The van der Waals surface area contributed by atoms with E-state index in [1.54, 1.807) is 16.8 Å². The Bertz CT molecular complexity index is 2030. The number of likely N-dealkylation sites (N-methyl/N-ethyl adjacent to an activating group) is 1. The van der Waals surface area contributed by atoms with E-state index < -0.39 is 12.1 Å². The van der Waals surface area contributed by atoms with Gasteiger partial charge in [-0.25, -0.2) is 9.48 Å². The molecule has 12 nitrogen and oxygen atoms in total. The quantitative estimate of drug-likeness (QED) is 0.162. The van der Waals surface area contributed by atoms with E-state index in [0.29, 0.717) is 37.7 Å². The van der Waals surface area contributed by atoms with Gasteiger partial charge >= 0.3 is 5.97 Å². The third kappa shape index (κ3) is 8.25. The molecule has 0 bridgehead atoms. The number of hydrogen-bond donors (Lipinski definition) is 2. The number of ether oxygens (including phenoxy) is 3. The highest BCUT2D eigenvalue weighted by atomic mass is 16.5. The topological polar surface area (TPSA) is 131 Å². The lowest BCUT2D eigenvalue weighted by Crippen LogP contribution is -2.28. The lowest BCUT2D eigenvalue weighted by Gasteiger charge is -2.33. The standard InChI is InChI=1S/C40H44N6O6/c1-26-6-8-27(9-7-26)35-25-46(43-42-35)17-19-51-21-20-50-18-16-41-39(47)28-10-13-31(34(22-28)40(48)49)38-32-14-11-29(44(2)3)23-36(32)52-37-24-30(45(4)5)12-15-33(37)38/h6-15,22-25,36H,16-21H2,1-5H3,(H,41,47)(H,48,49). The lowest BCUT2D eigenvalue weighted by atomic mass is 9.83. The van der Waals surface area contributed by atoms with Crippen LogP contribution in [0.15, 0.2) is 96.4 Å². The Morgan fingerprint density at radius 2 is 1.65 bits per heavy atom. The Morgan fingerprint density at radius 1 is 0.904 bits per heavy atom. The zero-order chi connectivity index (χ0) is 36.8. The predicted molar refractivity (Wildman–Crippen MR) is 200 cm³/mol. The molecule has 0 fully saturated rings. The summed E-state index contributed by atoms with van der Waals surface area (Å²) in [5, 5.41) is 21.6. The number of carbonyl (C=O) groups is 2. The number of nitrogens with one attached hydrogen (secondary N) is 1. The average Bonchev–Trinajstić information content (AvgIpc) is 3.61. The van der Waals surface area contributed by atoms with Crippen molar-refractivity contribution in [1.82, 2.24) is 25.2 Å². The van der Waals surface area contributed by atoms with Crippen LogP contribution in [0.5, 0.6) is 5.75 Å². The van der Waals surface area contributed by atoms with Crippen molar-refractivity contribution in [3.63, 3.8) is 0 Å². The van der Waals surface area contributed by atoms with Gasteiger partial charge in [0.05, 0.1) is 44.7 Å². The molecule has 4 aromatic rings. The first-order chi connectivity index (χ1) is 25.1. The van der Waals surface area contributed by atoms with Crippen LogP contribution in [0.2, 0.25) is 0 Å². The molecule has 1 amide bonds. The first kappa shape index (κ1) is 36.1. The molecule has 1 aliphatic heterocycles. The molecule has 12 heteroatoms. The second kappa shape index (κ2) is 16.1. The van der Waals surface area contributed by atoms with Gasteiger partial charge in [0, 0.05) is 80.0 Å². The Hall–Kier alpha value is -5.72. The number of aryl methyl sites for hydroxylation is 1. The SMILES string of the molecule is Cc1ccc(-c2cn(CCOCCOCCNC(=O)c3ccc(C4=C5C=CC(N(C)C)=CC5Oc5cc(N(C)C)ccc54)c(C(=O)O)c3)nn2)cc1. The van der Waals surface area contributed by atoms with Crippen molar-refractivity contribution in [3.05, 3.63) is 124 Å². The van der Waals surface area contributed by atoms with Gasteiger partial charge in [0.25, 0.3) is 5.91 Å². The summed E-state index contributed by atoms with van der Waals surface area (Å²) >= 11 is 0. The Kier molecular flexibility index (Phi) is 11.2. The van der Waals surface area contributed by atoms with Crippen LogP contribution in [0.1, 0.15) is 37.4 Å². The zero-order valence-corrected chi connectivity index (χ0v) is 30.1. The van der Waals surface area contributed by atoms with Gasteiger partial charge in [0.1, 0.15) is 17.5 Å². The van der Waals surface area contributed by atoms with Crippen LogP contribution in [0.25, 0.3) is 16.8 Å². The van der Waals surface area contributed by atoms with Crippen molar-refractivity contribution >= 4 is 23.1 Å². The third-order valence-electron chi connectivity index (χ3n) is 8.91. The average molecular weight is 705 g/mol. The van der Waals surface area contributed by atoms with E-state index in [-0.39, 0.29) is 30.2 Å².